The summed E-state index contributed by atoms with van der Waals surface area (Å²) in [7, 11) is 0. The third-order valence-electron chi connectivity index (χ3n) is 3.16. The average Bonchev–Trinajstić information content (AvgIpc) is 3.17. The molecule has 20 heavy (non-hydrogen) atoms. The third kappa shape index (κ3) is 2.75. The molecule has 0 amide bonds. The summed E-state index contributed by atoms with van der Waals surface area (Å²) in [6, 6.07) is 10.3. The van der Waals surface area contributed by atoms with Crippen molar-refractivity contribution in [3.05, 3.63) is 60.4 Å². The molecule has 3 rings (SSSR count). The third-order valence-corrected chi connectivity index (χ3v) is 3.16. The summed E-state index contributed by atoms with van der Waals surface area (Å²) in [5, 5.41) is 14.4. The Hall–Kier alpha value is -2.47. The fraction of sp³-hybridized carbons (Fsp3) is 0.214. The van der Waals surface area contributed by atoms with Crippen molar-refractivity contribution >= 4 is 0 Å². The highest BCUT2D eigenvalue weighted by molar-refractivity contribution is 5.31. The van der Waals surface area contributed by atoms with Crippen molar-refractivity contribution in [1.29, 1.82) is 0 Å². The van der Waals surface area contributed by atoms with E-state index >= 15 is 0 Å². The molecule has 0 aliphatic carbocycles. The Balaban J connectivity index is 1.67. The number of nitrogens with one attached hydrogen (secondary N) is 2. The van der Waals surface area contributed by atoms with Crippen molar-refractivity contribution in [3.8, 4) is 5.69 Å². The summed E-state index contributed by atoms with van der Waals surface area (Å²) in [5.41, 5.74) is 2.19. The number of para-hydroxylation sites is 1. The van der Waals surface area contributed by atoms with Gasteiger partial charge in [-0.15, -0.1) is 0 Å². The minimum absolute atomic E-state index is 0.192. The molecule has 0 saturated carbocycles. The summed E-state index contributed by atoms with van der Waals surface area (Å²) < 4.78 is 1.88. The molecule has 6 heteroatoms. The van der Waals surface area contributed by atoms with E-state index in [1.54, 1.807) is 0 Å². The van der Waals surface area contributed by atoms with Gasteiger partial charge in [0.15, 0.2) is 0 Å². The largest absolute Gasteiger partial charge is 0.303 e. The van der Waals surface area contributed by atoms with Gasteiger partial charge in [0.1, 0.15) is 12.2 Å². The zero-order valence-electron chi connectivity index (χ0n) is 11.2. The van der Waals surface area contributed by atoms with Gasteiger partial charge >= 0.3 is 0 Å². The first-order chi connectivity index (χ1) is 9.83. The van der Waals surface area contributed by atoms with E-state index in [2.05, 4.69) is 32.5 Å². The van der Waals surface area contributed by atoms with Crippen LogP contribution in [0.15, 0.2) is 49.1 Å². The van der Waals surface area contributed by atoms with Crippen LogP contribution in [0, 0.1) is 0 Å². The molecule has 0 saturated heterocycles. The topological polar surface area (TPSA) is 71.4 Å². The van der Waals surface area contributed by atoms with E-state index in [9.17, 15) is 0 Å². The van der Waals surface area contributed by atoms with Crippen LogP contribution in [0.1, 0.15) is 24.4 Å². The quantitative estimate of drug-likeness (QED) is 0.740. The normalized spacial score (nSPS) is 12.4. The number of benzene rings is 1. The summed E-state index contributed by atoms with van der Waals surface area (Å²) >= 11 is 0. The first-order valence-electron chi connectivity index (χ1n) is 6.50. The van der Waals surface area contributed by atoms with Gasteiger partial charge in [-0.1, -0.05) is 18.2 Å². The number of nitrogens with zero attached hydrogens (tertiary/aromatic N) is 4. The van der Waals surface area contributed by atoms with Crippen molar-refractivity contribution < 1.29 is 0 Å². The zero-order valence-corrected chi connectivity index (χ0v) is 11.2. The molecule has 102 valence electrons. The SMILES string of the molecule is CC(NCc1ncn[nH]1)c1cnn(-c2ccccc2)c1. The second-order valence-electron chi connectivity index (χ2n) is 4.59. The first kappa shape index (κ1) is 12.6. The molecule has 0 bridgehead atoms. The van der Waals surface area contributed by atoms with Gasteiger partial charge in [-0.25, -0.2) is 9.67 Å². The fourth-order valence-electron chi connectivity index (χ4n) is 1.97. The van der Waals surface area contributed by atoms with Crippen molar-refractivity contribution in [2.24, 2.45) is 0 Å². The standard InChI is InChI=1S/C14H16N6/c1-11(15-8-14-16-10-17-19-14)12-7-18-20(9-12)13-5-3-2-4-6-13/h2-7,9-11,15H,8H2,1H3,(H,16,17,19). The van der Waals surface area contributed by atoms with Gasteiger partial charge in [-0.2, -0.15) is 10.2 Å². The molecule has 0 aliphatic rings. The molecule has 3 aromatic rings. The predicted octanol–water partition coefficient (Wildman–Crippen LogP) is 1.84. The lowest BCUT2D eigenvalue weighted by Crippen LogP contribution is -2.18. The van der Waals surface area contributed by atoms with E-state index in [1.165, 1.54) is 6.33 Å². The van der Waals surface area contributed by atoms with E-state index in [0.29, 0.717) is 6.54 Å². The first-order valence-corrected chi connectivity index (χ1v) is 6.50. The smallest absolute Gasteiger partial charge is 0.138 e. The maximum absolute atomic E-state index is 4.39. The Bertz CT molecular complexity index is 643. The molecule has 2 heterocycles. The number of rotatable bonds is 5. The van der Waals surface area contributed by atoms with Crippen LogP contribution in [0.5, 0.6) is 0 Å². The van der Waals surface area contributed by atoms with Gasteiger partial charge < -0.3 is 5.32 Å². The minimum Gasteiger partial charge on any atom is -0.303 e. The van der Waals surface area contributed by atoms with Gasteiger partial charge in [0.2, 0.25) is 0 Å². The van der Waals surface area contributed by atoms with Crippen molar-refractivity contribution in [3.63, 3.8) is 0 Å². The van der Waals surface area contributed by atoms with Crippen LogP contribution in [-0.4, -0.2) is 25.0 Å². The molecule has 2 aromatic heterocycles. The lowest BCUT2D eigenvalue weighted by atomic mass is 10.2. The summed E-state index contributed by atoms with van der Waals surface area (Å²) in [6.07, 6.45) is 5.42. The highest BCUT2D eigenvalue weighted by Gasteiger charge is 2.09. The van der Waals surface area contributed by atoms with E-state index < -0.39 is 0 Å². The van der Waals surface area contributed by atoms with Crippen LogP contribution in [0.4, 0.5) is 0 Å². The van der Waals surface area contributed by atoms with Crippen molar-refractivity contribution in [1.82, 2.24) is 30.3 Å². The van der Waals surface area contributed by atoms with Gasteiger partial charge in [0, 0.05) is 17.8 Å². The van der Waals surface area contributed by atoms with Crippen LogP contribution < -0.4 is 5.32 Å². The molecular formula is C14H16N6. The Kier molecular flexibility index (Phi) is 3.56. The number of hydrogen-bond acceptors (Lipinski definition) is 4. The molecule has 0 aliphatic heterocycles. The monoisotopic (exact) mass is 268 g/mol. The van der Waals surface area contributed by atoms with Crippen LogP contribution in [0.2, 0.25) is 0 Å². The molecule has 6 nitrogen and oxygen atoms in total. The molecule has 1 unspecified atom stereocenters. The highest BCUT2D eigenvalue weighted by Crippen LogP contribution is 2.14. The Morgan fingerprint density at radius 3 is 2.90 bits per heavy atom. The van der Waals surface area contributed by atoms with E-state index in [0.717, 1.165) is 17.1 Å². The minimum atomic E-state index is 0.192. The zero-order chi connectivity index (χ0) is 13.8. The van der Waals surface area contributed by atoms with Crippen molar-refractivity contribution in [2.75, 3.05) is 0 Å². The number of H-pyrrole nitrogens is 1. The van der Waals surface area contributed by atoms with Gasteiger partial charge in [-0.05, 0) is 19.1 Å². The maximum atomic E-state index is 4.39. The van der Waals surface area contributed by atoms with Crippen LogP contribution >= 0.6 is 0 Å². The lowest BCUT2D eigenvalue weighted by molar-refractivity contribution is 0.560. The van der Waals surface area contributed by atoms with Crippen LogP contribution in [0.25, 0.3) is 5.69 Å². The molecule has 0 radical (unpaired) electrons. The lowest BCUT2D eigenvalue weighted by Gasteiger charge is -2.10. The molecular weight excluding hydrogens is 252 g/mol. The molecule has 1 aromatic carbocycles. The second kappa shape index (κ2) is 5.66. The molecule has 0 spiro atoms. The molecule has 1 atom stereocenters. The Labute approximate surface area is 116 Å². The van der Waals surface area contributed by atoms with Crippen molar-refractivity contribution in [2.45, 2.75) is 19.5 Å². The number of aromatic amines is 1. The maximum Gasteiger partial charge on any atom is 0.138 e. The van der Waals surface area contributed by atoms with Crippen LogP contribution in [-0.2, 0) is 6.54 Å². The van der Waals surface area contributed by atoms with E-state index in [1.807, 2.05) is 47.4 Å². The highest BCUT2D eigenvalue weighted by atomic mass is 15.3. The van der Waals surface area contributed by atoms with Gasteiger partial charge in [0.25, 0.3) is 0 Å². The average molecular weight is 268 g/mol. The Morgan fingerprint density at radius 2 is 2.15 bits per heavy atom. The summed E-state index contributed by atoms with van der Waals surface area (Å²) in [4.78, 5) is 4.08. The van der Waals surface area contributed by atoms with Gasteiger partial charge in [-0.3, -0.25) is 5.10 Å². The Morgan fingerprint density at radius 1 is 1.30 bits per heavy atom. The van der Waals surface area contributed by atoms with E-state index in [-0.39, 0.29) is 6.04 Å². The van der Waals surface area contributed by atoms with E-state index in [4.69, 9.17) is 0 Å². The predicted molar refractivity (Wildman–Crippen MR) is 75.2 cm³/mol. The molecule has 2 N–H and O–H groups in total. The second-order valence-corrected chi connectivity index (χ2v) is 4.59. The number of hydrogen-bond donors (Lipinski definition) is 2. The number of aromatic nitrogens is 5. The fourth-order valence-corrected chi connectivity index (χ4v) is 1.97. The molecule has 0 fully saturated rings. The summed E-state index contributed by atoms with van der Waals surface area (Å²) in [5.74, 6) is 0.826. The van der Waals surface area contributed by atoms with Gasteiger partial charge in [0.05, 0.1) is 18.4 Å². The summed E-state index contributed by atoms with van der Waals surface area (Å²) in [6.45, 7) is 2.75. The van der Waals surface area contributed by atoms with Crippen LogP contribution in [0.3, 0.4) is 0 Å².